The summed E-state index contributed by atoms with van der Waals surface area (Å²) in [4.78, 5) is 12.8. The molecule has 76 valence electrons. The number of carbonyl (C=O) groups is 1. The van der Waals surface area contributed by atoms with Gasteiger partial charge < -0.3 is 4.90 Å². The van der Waals surface area contributed by atoms with Gasteiger partial charge in [-0.15, -0.1) is 0 Å². The Morgan fingerprint density at radius 2 is 1.92 bits per heavy atom. The molecule has 0 saturated heterocycles. The van der Waals surface area contributed by atoms with Crippen LogP contribution in [-0.4, -0.2) is 24.4 Å². The molecule has 1 aliphatic rings. The summed E-state index contributed by atoms with van der Waals surface area (Å²) in [6.45, 7) is 4.91. The summed E-state index contributed by atoms with van der Waals surface area (Å²) >= 11 is 0. The van der Waals surface area contributed by atoms with E-state index in [-0.39, 0.29) is 5.91 Å². The van der Waals surface area contributed by atoms with Gasteiger partial charge in [0.2, 0.25) is 5.91 Å². The van der Waals surface area contributed by atoms with Crippen molar-refractivity contribution >= 4 is 5.91 Å². The number of amides is 1. The van der Waals surface area contributed by atoms with Crippen molar-refractivity contribution in [2.75, 3.05) is 13.6 Å². The molecule has 1 saturated carbocycles. The molecule has 0 radical (unpaired) electrons. The molecule has 1 amide bonds. The second kappa shape index (κ2) is 4.12. The summed E-state index contributed by atoms with van der Waals surface area (Å²) in [5.41, 5.74) is 0.518. The highest BCUT2D eigenvalue weighted by Gasteiger charge is 2.28. The van der Waals surface area contributed by atoms with E-state index in [1.54, 1.807) is 6.92 Å². The fourth-order valence-corrected chi connectivity index (χ4v) is 2.07. The fourth-order valence-electron chi connectivity index (χ4n) is 2.07. The summed E-state index contributed by atoms with van der Waals surface area (Å²) in [5, 5.41) is 0. The van der Waals surface area contributed by atoms with E-state index < -0.39 is 0 Å². The monoisotopic (exact) mass is 183 g/mol. The van der Waals surface area contributed by atoms with Crippen molar-refractivity contribution in [1.82, 2.24) is 4.90 Å². The van der Waals surface area contributed by atoms with Gasteiger partial charge in [0, 0.05) is 20.5 Å². The molecule has 0 unspecified atom stereocenters. The Bertz CT molecular complexity index is 183. The van der Waals surface area contributed by atoms with Crippen molar-refractivity contribution in [1.29, 1.82) is 0 Å². The molecule has 0 aromatic heterocycles. The van der Waals surface area contributed by atoms with E-state index in [0.29, 0.717) is 5.41 Å². The predicted molar refractivity (Wildman–Crippen MR) is 54.5 cm³/mol. The summed E-state index contributed by atoms with van der Waals surface area (Å²) < 4.78 is 0. The standard InChI is InChI=1S/C11H21NO/c1-10(13)12(3)9-8-11(2)6-4-5-7-11/h4-9H2,1-3H3. The normalized spacial score (nSPS) is 20.2. The summed E-state index contributed by atoms with van der Waals surface area (Å²) in [7, 11) is 1.89. The lowest BCUT2D eigenvalue weighted by Crippen LogP contribution is -2.28. The first-order valence-electron chi connectivity index (χ1n) is 5.25. The smallest absolute Gasteiger partial charge is 0.219 e. The Labute approximate surface area is 81.3 Å². The van der Waals surface area contributed by atoms with Gasteiger partial charge in [-0.3, -0.25) is 4.79 Å². The molecule has 0 aliphatic heterocycles. The van der Waals surface area contributed by atoms with Crippen LogP contribution in [0.2, 0.25) is 0 Å². The zero-order valence-corrected chi connectivity index (χ0v) is 9.10. The lowest BCUT2D eigenvalue weighted by molar-refractivity contribution is -0.127. The molecule has 2 heteroatoms. The molecular formula is C11H21NO. The molecule has 0 aromatic rings. The lowest BCUT2D eigenvalue weighted by atomic mass is 9.85. The van der Waals surface area contributed by atoms with Gasteiger partial charge in [0.05, 0.1) is 0 Å². The van der Waals surface area contributed by atoms with Crippen molar-refractivity contribution in [2.24, 2.45) is 5.41 Å². The predicted octanol–water partition coefficient (Wildman–Crippen LogP) is 2.44. The molecule has 0 bridgehead atoms. The first-order valence-corrected chi connectivity index (χ1v) is 5.25. The van der Waals surface area contributed by atoms with Gasteiger partial charge in [0.1, 0.15) is 0 Å². The molecule has 0 atom stereocenters. The van der Waals surface area contributed by atoms with Gasteiger partial charge in [-0.1, -0.05) is 19.8 Å². The minimum atomic E-state index is 0.182. The van der Waals surface area contributed by atoms with Crippen LogP contribution in [0, 0.1) is 5.41 Å². The van der Waals surface area contributed by atoms with E-state index in [9.17, 15) is 4.79 Å². The van der Waals surface area contributed by atoms with Gasteiger partial charge in [-0.25, -0.2) is 0 Å². The van der Waals surface area contributed by atoms with Crippen LogP contribution in [0.25, 0.3) is 0 Å². The number of hydrogen-bond donors (Lipinski definition) is 0. The Hall–Kier alpha value is -0.530. The fraction of sp³-hybridized carbons (Fsp3) is 0.909. The highest BCUT2D eigenvalue weighted by Crippen LogP contribution is 2.40. The molecule has 2 nitrogen and oxygen atoms in total. The third kappa shape index (κ3) is 3.02. The minimum Gasteiger partial charge on any atom is -0.346 e. The minimum absolute atomic E-state index is 0.182. The van der Waals surface area contributed by atoms with Crippen molar-refractivity contribution in [2.45, 2.75) is 46.0 Å². The summed E-state index contributed by atoms with van der Waals surface area (Å²) in [5.74, 6) is 0.182. The van der Waals surface area contributed by atoms with Crippen LogP contribution in [0.3, 0.4) is 0 Å². The van der Waals surface area contributed by atoms with E-state index >= 15 is 0 Å². The van der Waals surface area contributed by atoms with Crippen LogP contribution in [-0.2, 0) is 4.79 Å². The number of rotatable bonds is 3. The van der Waals surface area contributed by atoms with Gasteiger partial charge in [-0.2, -0.15) is 0 Å². The van der Waals surface area contributed by atoms with E-state index in [0.717, 1.165) is 6.54 Å². The van der Waals surface area contributed by atoms with E-state index in [1.807, 2.05) is 11.9 Å². The largest absolute Gasteiger partial charge is 0.346 e. The van der Waals surface area contributed by atoms with Crippen LogP contribution < -0.4 is 0 Å². The first kappa shape index (κ1) is 10.6. The Morgan fingerprint density at radius 3 is 2.38 bits per heavy atom. The number of carbonyl (C=O) groups excluding carboxylic acids is 1. The van der Waals surface area contributed by atoms with Gasteiger partial charge >= 0.3 is 0 Å². The van der Waals surface area contributed by atoms with E-state index in [4.69, 9.17) is 0 Å². The zero-order valence-electron chi connectivity index (χ0n) is 9.10. The average molecular weight is 183 g/mol. The molecule has 1 aliphatic carbocycles. The second-order valence-electron chi connectivity index (χ2n) is 4.71. The molecule has 0 aromatic carbocycles. The van der Waals surface area contributed by atoms with Gasteiger partial charge in [-0.05, 0) is 24.7 Å². The van der Waals surface area contributed by atoms with Gasteiger partial charge in [0.25, 0.3) is 0 Å². The number of nitrogens with zero attached hydrogens (tertiary/aromatic N) is 1. The van der Waals surface area contributed by atoms with Crippen LogP contribution in [0.4, 0.5) is 0 Å². The Balaban J connectivity index is 2.28. The SMILES string of the molecule is CC(=O)N(C)CCC1(C)CCCC1. The van der Waals surface area contributed by atoms with Gasteiger partial charge in [0.15, 0.2) is 0 Å². The molecular weight excluding hydrogens is 162 g/mol. The topological polar surface area (TPSA) is 20.3 Å². The van der Waals surface area contributed by atoms with Crippen molar-refractivity contribution < 1.29 is 4.79 Å². The quantitative estimate of drug-likeness (QED) is 0.658. The molecule has 1 fully saturated rings. The van der Waals surface area contributed by atoms with E-state index in [2.05, 4.69) is 6.92 Å². The molecule has 0 N–H and O–H groups in total. The maximum Gasteiger partial charge on any atom is 0.219 e. The molecule has 0 spiro atoms. The maximum atomic E-state index is 11.0. The summed E-state index contributed by atoms with van der Waals surface area (Å²) in [6.07, 6.45) is 6.61. The first-order chi connectivity index (χ1) is 6.03. The van der Waals surface area contributed by atoms with E-state index in [1.165, 1.54) is 32.1 Å². The van der Waals surface area contributed by atoms with Crippen LogP contribution in [0.15, 0.2) is 0 Å². The molecule has 13 heavy (non-hydrogen) atoms. The maximum absolute atomic E-state index is 11.0. The Kier molecular flexibility index (Phi) is 3.34. The Morgan fingerprint density at radius 1 is 1.38 bits per heavy atom. The highest BCUT2D eigenvalue weighted by molar-refractivity contribution is 5.72. The van der Waals surface area contributed by atoms with Crippen molar-refractivity contribution in [3.05, 3.63) is 0 Å². The highest BCUT2D eigenvalue weighted by atomic mass is 16.2. The zero-order chi connectivity index (χ0) is 9.90. The molecule has 0 heterocycles. The second-order valence-corrected chi connectivity index (χ2v) is 4.71. The van der Waals surface area contributed by atoms with Crippen LogP contribution in [0.1, 0.15) is 46.0 Å². The average Bonchev–Trinajstić information content (AvgIpc) is 2.48. The van der Waals surface area contributed by atoms with Crippen LogP contribution in [0.5, 0.6) is 0 Å². The van der Waals surface area contributed by atoms with Crippen molar-refractivity contribution in [3.63, 3.8) is 0 Å². The third-order valence-corrected chi connectivity index (χ3v) is 3.40. The molecule has 1 rings (SSSR count). The summed E-state index contributed by atoms with van der Waals surface area (Å²) in [6, 6.07) is 0. The third-order valence-electron chi connectivity index (χ3n) is 3.40. The van der Waals surface area contributed by atoms with Crippen LogP contribution >= 0.6 is 0 Å². The lowest BCUT2D eigenvalue weighted by Gasteiger charge is -2.26. The number of hydrogen-bond acceptors (Lipinski definition) is 1. The van der Waals surface area contributed by atoms with Crippen molar-refractivity contribution in [3.8, 4) is 0 Å².